The van der Waals surface area contributed by atoms with E-state index >= 15 is 0 Å². The first-order chi connectivity index (χ1) is 23.8. The number of amides is 2. The fraction of sp³-hybridized carbons (Fsp3) is 0.294. The Morgan fingerprint density at radius 1 is 0.939 bits per heavy atom. The van der Waals surface area contributed by atoms with Gasteiger partial charge >= 0.3 is 0 Å². The van der Waals surface area contributed by atoms with E-state index < -0.39 is 48.5 Å². The average Bonchev–Trinajstić information content (AvgIpc) is 3.79. The van der Waals surface area contributed by atoms with E-state index in [2.05, 4.69) is 31.3 Å². The largest absolute Gasteiger partial charge is 0.387 e. The Bertz CT molecular complexity index is 1920. The van der Waals surface area contributed by atoms with E-state index in [1.807, 2.05) is 42.5 Å². The molecule has 5 aromatic rings. The SMILES string of the molecule is CC(=O)Nc1ccc(-c2cn(CCNC(=O)[C@@H]3O[C@@H]4COC(c5ccccc5)O[C@@H]4[C@H](n4cc(-c5cccc(F)c5)nn4)[C@H]3O)nn2)cc1. The van der Waals surface area contributed by atoms with Crippen molar-refractivity contribution in [3.05, 3.63) is 103 Å². The van der Waals surface area contributed by atoms with Gasteiger partial charge in [-0.15, -0.1) is 10.2 Å². The minimum Gasteiger partial charge on any atom is -0.387 e. The van der Waals surface area contributed by atoms with Crippen LogP contribution in [0.4, 0.5) is 10.1 Å². The Kier molecular flexibility index (Phi) is 9.21. The molecule has 0 bridgehead atoms. The van der Waals surface area contributed by atoms with Crippen molar-refractivity contribution >= 4 is 17.5 Å². The Morgan fingerprint density at radius 3 is 2.49 bits per heavy atom. The lowest BCUT2D eigenvalue weighted by atomic mass is 9.91. The van der Waals surface area contributed by atoms with E-state index in [9.17, 15) is 19.1 Å². The van der Waals surface area contributed by atoms with Crippen molar-refractivity contribution in [1.82, 2.24) is 35.3 Å². The highest BCUT2D eigenvalue weighted by atomic mass is 19.1. The molecule has 4 heterocycles. The maximum atomic E-state index is 14.0. The van der Waals surface area contributed by atoms with Gasteiger partial charge in [0.25, 0.3) is 5.91 Å². The van der Waals surface area contributed by atoms with Crippen molar-refractivity contribution < 1.29 is 33.3 Å². The number of ether oxygens (including phenoxy) is 3. The zero-order valence-corrected chi connectivity index (χ0v) is 26.3. The first-order valence-corrected chi connectivity index (χ1v) is 15.7. The summed E-state index contributed by atoms with van der Waals surface area (Å²) in [6, 6.07) is 21.6. The minimum atomic E-state index is -1.39. The monoisotopic (exact) mass is 668 g/mol. The maximum absolute atomic E-state index is 14.0. The van der Waals surface area contributed by atoms with Crippen molar-refractivity contribution in [1.29, 1.82) is 0 Å². The minimum absolute atomic E-state index is 0.0935. The van der Waals surface area contributed by atoms with Crippen LogP contribution in [0.2, 0.25) is 0 Å². The van der Waals surface area contributed by atoms with Gasteiger partial charge < -0.3 is 30.0 Å². The molecule has 0 spiro atoms. The number of aliphatic hydroxyl groups excluding tert-OH is 1. The highest BCUT2D eigenvalue weighted by molar-refractivity contribution is 5.88. The number of hydrogen-bond acceptors (Lipinski definition) is 10. The van der Waals surface area contributed by atoms with Crippen LogP contribution >= 0.6 is 0 Å². The van der Waals surface area contributed by atoms with Gasteiger partial charge in [-0.05, 0) is 24.3 Å². The summed E-state index contributed by atoms with van der Waals surface area (Å²) < 4.78 is 35.5. The van der Waals surface area contributed by atoms with Crippen LogP contribution in [0.25, 0.3) is 22.5 Å². The molecular formula is C34H33FN8O6. The van der Waals surface area contributed by atoms with Crippen LogP contribution in [0.5, 0.6) is 0 Å². The summed E-state index contributed by atoms with van der Waals surface area (Å²) in [6.45, 7) is 2.00. The highest BCUT2D eigenvalue weighted by Crippen LogP contribution is 2.39. The third-order valence-electron chi connectivity index (χ3n) is 8.32. The lowest BCUT2D eigenvalue weighted by Gasteiger charge is -2.47. The van der Waals surface area contributed by atoms with Gasteiger partial charge in [-0.25, -0.2) is 9.07 Å². The molecule has 2 fully saturated rings. The zero-order chi connectivity index (χ0) is 33.9. The second-order valence-corrected chi connectivity index (χ2v) is 11.8. The van der Waals surface area contributed by atoms with Gasteiger partial charge in [0.2, 0.25) is 5.91 Å². The quantitative estimate of drug-likeness (QED) is 0.213. The van der Waals surface area contributed by atoms with Crippen molar-refractivity contribution in [2.45, 2.75) is 50.2 Å². The molecule has 0 radical (unpaired) electrons. The molecule has 3 aromatic carbocycles. The van der Waals surface area contributed by atoms with E-state index in [0.717, 1.165) is 11.1 Å². The molecule has 0 saturated carbocycles. The summed E-state index contributed by atoms with van der Waals surface area (Å²) in [5.41, 5.74) is 3.78. The number of rotatable bonds is 9. The van der Waals surface area contributed by atoms with Gasteiger partial charge in [0.05, 0.1) is 25.5 Å². The third kappa shape index (κ3) is 7.10. The standard InChI is InChI=1S/C34H33FN8O6/c1-20(44)37-25-12-10-21(11-13-25)26-17-42(40-38-26)15-14-36-33(46)32-30(45)29(43-18-27(39-41-43)23-8-5-9-24(35)16-23)31-28(48-32)19-47-34(49-31)22-6-3-2-4-7-22/h2-13,16-18,28-32,34,45H,14-15,19H2,1H3,(H,36,46)(H,37,44)/t28-,29-,30-,31+,32-,34?/m1/s1. The molecule has 0 aliphatic carbocycles. The summed E-state index contributed by atoms with van der Waals surface area (Å²) in [7, 11) is 0. The number of fused-ring (bicyclic) bond motifs is 1. The second-order valence-electron chi connectivity index (χ2n) is 11.8. The van der Waals surface area contributed by atoms with Gasteiger partial charge in [0.1, 0.15) is 41.6 Å². The molecule has 14 nitrogen and oxygen atoms in total. The molecule has 252 valence electrons. The smallest absolute Gasteiger partial charge is 0.252 e. The van der Waals surface area contributed by atoms with E-state index in [0.29, 0.717) is 29.2 Å². The number of benzene rings is 3. The number of halogens is 1. The Labute approximate surface area is 279 Å². The Morgan fingerprint density at radius 2 is 1.71 bits per heavy atom. The first kappa shape index (κ1) is 32.2. The molecule has 2 aromatic heterocycles. The summed E-state index contributed by atoms with van der Waals surface area (Å²) >= 11 is 0. The van der Waals surface area contributed by atoms with Crippen molar-refractivity contribution in [3.8, 4) is 22.5 Å². The van der Waals surface area contributed by atoms with Crippen LogP contribution in [0, 0.1) is 5.82 Å². The summed E-state index contributed by atoms with van der Waals surface area (Å²) in [5, 5.41) is 34.1. The van der Waals surface area contributed by atoms with Crippen LogP contribution in [-0.4, -0.2) is 84.5 Å². The Balaban J connectivity index is 1.05. The number of nitrogens with zero attached hydrogens (tertiary/aromatic N) is 6. The van der Waals surface area contributed by atoms with Crippen LogP contribution < -0.4 is 10.6 Å². The fourth-order valence-corrected chi connectivity index (χ4v) is 5.98. The normalized spacial score (nSPS) is 23.4. The lowest BCUT2D eigenvalue weighted by Crippen LogP contribution is -2.62. The van der Waals surface area contributed by atoms with Gasteiger partial charge in [-0.3, -0.25) is 14.3 Å². The van der Waals surface area contributed by atoms with Crippen LogP contribution in [0.15, 0.2) is 91.3 Å². The number of carbonyl (C=O) groups is 2. The summed E-state index contributed by atoms with van der Waals surface area (Å²) in [5.74, 6) is -1.12. The molecule has 1 unspecified atom stereocenters. The lowest BCUT2D eigenvalue weighted by molar-refractivity contribution is -0.312. The van der Waals surface area contributed by atoms with Gasteiger partial charge in [-0.2, -0.15) is 0 Å². The topological polar surface area (TPSA) is 168 Å². The third-order valence-corrected chi connectivity index (χ3v) is 8.32. The molecule has 2 saturated heterocycles. The molecular weight excluding hydrogens is 635 g/mol. The number of hydrogen-bond donors (Lipinski definition) is 3. The zero-order valence-electron chi connectivity index (χ0n) is 26.3. The predicted molar refractivity (Wildman–Crippen MR) is 172 cm³/mol. The maximum Gasteiger partial charge on any atom is 0.252 e. The van der Waals surface area contributed by atoms with Crippen LogP contribution in [0.1, 0.15) is 24.8 Å². The molecule has 6 atom stereocenters. The molecule has 3 N–H and O–H groups in total. The number of carbonyl (C=O) groups excluding carboxylic acids is 2. The summed E-state index contributed by atoms with van der Waals surface area (Å²) in [4.78, 5) is 24.8. The van der Waals surface area contributed by atoms with Gasteiger partial charge in [0, 0.05) is 35.8 Å². The Hall–Kier alpha value is -5.35. The fourth-order valence-electron chi connectivity index (χ4n) is 5.98. The number of aliphatic hydroxyl groups is 1. The van der Waals surface area contributed by atoms with E-state index in [1.165, 1.54) is 23.7 Å². The molecule has 7 rings (SSSR count). The average molecular weight is 669 g/mol. The second kappa shape index (κ2) is 14.0. The molecule has 2 aliphatic rings. The number of anilines is 1. The van der Waals surface area contributed by atoms with E-state index in [4.69, 9.17) is 14.2 Å². The van der Waals surface area contributed by atoms with Crippen LogP contribution in [-0.2, 0) is 30.3 Å². The number of aromatic nitrogens is 6. The van der Waals surface area contributed by atoms with Gasteiger partial charge in [-0.1, -0.05) is 65.0 Å². The first-order valence-electron chi connectivity index (χ1n) is 15.7. The van der Waals surface area contributed by atoms with Crippen molar-refractivity contribution in [2.24, 2.45) is 0 Å². The number of nitrogens with one attached hydrogen (secondary N) is 2. The van der Waals surface area contributed by atoms with Crippen molar-refractivity contribution in [3.63, 3.8) is 0 Å². The van der Waals surface area contributed by atoms with E-state index in [1.54, 1.807) is 41.3 Å². The highest BCUT2D eigenvalue weighted by Gasteiger charge is 2.52. The predicted octanol–water partition coefficient (Wildman–Crippen LogP) is 2.90. The van der Waals surface area contributed by atoms with Gasteiger partial charge in [0.15, 0.2) is 12.4 Å². The van der Waals surface area contributed by atoms with Crippen molar-refractivity contribution in [2.75, 3.05) is 18.5 Å². The molecule has 15 heteroatoms. The summed E-state index contributed by atoms with van der Waals surface area (Å²) in [6.07, 6.45) is -1.57. The molecule has 49 heavy (non-hydrogen) atoms. The van der Waals surface area contributed by atoms with Crippen LogP contribution in [0.3, 0.4) is 0 Å². The molecule has 2 aliphatic heterocycles. The van der Waals surface area contributed by atoms with E-state index in [-0.39, 0.29) is 19.1 Å². The molecule has 2 amide bonds.